The summed E-state index contributed by atoms with van der Waals surface area (Å²) < 4.78 is 5.75. The maximum atomic E-state index is 5.75. The Hall–Kier alpha value is -1.02. The molecule has 0 heterocycles. The van der Waals surface area contributed by atoms with Gasteiger partial charge < -0.3 is 10.5 Å². The smallest absolute Gasteiger partial charge is 0.122 e. The van der Waals surface area contributed by atoms with Gasteiger partial charge in [-0.05, 0) is 24.5 Å². The number of unbranched alkanes of at least 4 members (excludes halogenated alkanes) is 17. The van der Waals surface area contributed by atoms with Crippen LogP contribution >= 0.6 is 0 Å². The molecule has 1 rings (SSSR count). The van der Waals surface area contributed by atoms with Crippen LogP contribution in [0.2, 0.25) is 0 Å². The highest BCUT2D eigenvalue weighted by Crippen LogP contribution is 2.21. The Morgan fingerprint density at radius 2 is 1.03 bits per heavy atom. The van der Waals surface area contributed by atoms with E-state index >= 15 is 0 Å². The molecule has 0 unspecified atom stereocenters. The average molecular weight is 418 g/mol. The maximum Gasteiger partial charge on any atom is 0.122 e. The van der Waals surface area contributed by atoms with Gasteiger partial charge in [-0.15, -0.1) is 0 Å². The number of hydrogen-bond acceptors (Lipinski definition) is 2. The van der Waals surface area contributed by atoms with Gasteiger partial charge in [-0.25, -0.2) is 0 Å². The van der Waals surface area contributed by atoms with E-state index in [-0.39, 0.29) is 0 Å². The Morgan fingerprint density at radius 3 is 1.50 bits per heavy atom. The lowest BCUT2D eigenvalue weighted by Crippen LogP contribution is -2.11. The van der Waals surface area contributed by atoms with Crippen molar-refractivity contribution < 1.29 is 4.74 Å². The molecule has 0 saturated carbocycles. The summed E-state index contributed by atoms with van der Waals surface area (Å²) in [6, 6.07) is 8.42. The summed E-state index contributed by atoms with van der Waals surface area (Å²) in [5.41, 5.74) is 6.89. The lowest BCUT2D eigenvalue weighted by Gasteiger charge is -2.10. The van der Waals surface area contributed by atoms with Crippen molar-refractivity contribution in [1.29, 1.82) is 0 Å². The molecule has 0 aromatic heterocycles. The van der Waals surface area contributed by atoms with Gasteiger partial charge in [0.1, 0.15) is 12.4 Å². The summed E-state index contributed by atoms with van der Waals surface area (Å²) >= 11 is 0. The van der Waals surface area contributed by atoms with Crippen molar-refractivity contribution in [3.8, 4) is 5.75 Å². The first-order chi connectivity index (χ1) is 14.9. The second-order valence-corrected chi connectivity index (χ2v) is 9.01. The van der Waals surface area contributed by atoms with Crippen molar-refractivity contribution in [1.82, 2.24) is 0 Å². The highest BCUT2D eigenvalue weighted by atomic mass is 16.5. The first-order valence-corrected chi connectivity index (χ1v) is 13.3. The number of aryl methyl sites for hydroxylation is 1. The molecule has 1 aromatic rings. The van der Waals surface area contributed by atoms with Crippen LogP contribution in [0, 0.1) is 0 Å². The van der Waals surface area contributed by atoms with E-state index < -0.39 is 0 Å². The molecule has 0 aliphatic carbocycles. The molecule has 2 nitrogen and oxygen atoms in total. The van der Waals surface area contributed by atoms with Crippen molar-refractivity contribution >= 4 is 0 Å². The highest BCUT2D eigenvalue weighted by Gasteiger charge is 2.02. The van der Waals surface area contributed by atoms with Crippen molar-refractivity contribution in [2.24, 2.45) is 5.73 Å². The van der Waals surface area contributed by atoms with E-state index in [9.17, 15) is 0 Å². The summed E-state index contributed by atoms with van der Waals surface area (Å²) in [5, 5.41) is 0. The van der Waals surface area contributed by atoms with Crippen LogP contribution in [-0.2, 0) is 6.42 Å². The van der Waals surface area contributed by atoms with Crippen LogP contribution in [0.25, 0.3) is 0 Å². The van der Waals surface area contributed by atoms with E-state index in [0.29, 0.717) is 13.2 Å². The Morgan fingerprint density at radius 1 is 0.600 bits per heavy atom. The quantitative estimate of drug-likeness (QED) is 0.192. The largest absolute Gasteiger partial charge is 0.492 e. The van der Waals surface area contributed by atoms with E-state index in [1.165, 1.54) is 121 Å². The molecule has 2 N–H and O–H groups in total. The summed E-state index contributed by atoms with van der Waals surface area (Å²) in [5.74, 6) is 1.02. The van der Waals surface area contributed by atoms with E-state index in [1.807, 2.05) is 6.07 Å². The normalized spacial score (nSPS) is 11.1. The zero-order chi connectivity index (χ0) is 21.5. The second kappa shape index (κ2) is 21.2. The second-order valence-electron chi connectivity index (χ2n) is 9.01. The monoisotopic (exact) mass is 417 g/mol. The zero-order valence-electron chi connectivity index (χ0n) is 20.1. The predicted octanol–water partition coefficient (Wildman–Crippen LogP) is 8.61. The third-order valence-corrected chi connectivity index (χ3v) is 6.15. The number of benzene rings is 1. The van der Waals surface area contributed by atoms with Crippen LogP contribution in [0.5, 0.6) is 5.75 Å². The van der Waals surface area contributed by atoms with Crippen LogP contribution in [0.15, 0.2) is 24.3 Å². The molecular weight excluding hydrogens is 366 g/mol. The van der Waals surface area contributed by atoms with Gasteiger partial charge in [-0.1, -0.05) is 134 Å². The summed E-state index contributed by atoms with van der Waals surface area (Å²) in [6.07, 6.45) is 26.8. The maximum absolute atomic E-state index is 5.75. The molecule has 0 saturated heterocycles. The fraction of sp³-hybridized carbons (Fsp3) is 0.786. The van der Waals surface area contributed by atoms with Gasteiger partial charge in [0, 0.05) is 6.54 Å². The van der Waals surface area contributed by atoms with Crippen molar-refractivity contribution in [2.75, 3.05) is 13.2 Å². The Balaban J connectivity index is 1.82. The number of hydrogen-bond donors (Lipinski definition) is 1. The van der Waals surface area contributed by atoms with Crippen molar-refractivity contribution in [2.45, 2.75) is 129 Å². The van der Waals surface area contributed by atoms with Crippen LogP contribution in [0.1, 0.15) is 128 Å². The molecule has 1 aromatic carbocycles. The molecule has 2 heteroatoms. The molecule has 0 radical (unpaired) electrons. The first kappa shape index (κ1) is 27.0. The Bertz CT molecular complexity index is 473. The van der Waals surface area contributed by atoms with Gasteiger partial charge >= 0.3 is 0 Å². The minimum Gasteiger partial charge on any atom is -0.492 e. The third-order valence-electron chi connectivity index (χ3n) is 6.15. The average Bonchev–Trinajstić information content (AvgIpc) is 2.77. The molecule has 0 bridgehead atoms. The molecular formula is C28H51NO. The van der Waals surface area contributed by atoms with E-state index in [4.69, 9.17) is 10.5 Å². The lowest BCUT2D eigenvalue weighted by molar-refractivity contribution is 0.324. The molecule has 0 aliphatic rings. The van der Waals surface area contributed by atoms with Crippen LogP contribution in [0.3, 0.4) is 0 Å². The predicted molar refractivity (Wildman–Crippen MR) is 133 cm³/mol. The molecule has 174 valence electrons. The van der Waals surface area contributed by atoms with E-state index in [0.717, 1.165) is 12.2 Å². The standard InChI is InChI=1S/C28H51NO/c1-2-3-4-5-6-7-8-9-10-11-12-13-14-15-16-17-18-19-22-27-23-20-21-24-28(27)30-26-25-29/h20-21,23-24H,2-19,22,25-26,29H2,1H3. The summed E-state index contributed by atoms with van der Waals surface area (Å²) in [7, 11) is 0. The van der Waals surface area contributed by atoms with Crippen molar-refractivity contribution in [3.63, 3.8) is 0 Å². The fourth-order valence-corrected chi connectivity index (χ4v) is 4.24. The van der Waals surface area contributed by atoms with Gasteiger partial charge in [0.25, 0.3) is 0 Å². The number of para-hydroxylation sites is 1. The van der Waals surface area contributed by atoms with Crippen molar-refractivity contribution in [3.05, 3.63) is 29.8 Å². The number of ether oxygens (including phenoxy) is 1. The zero-order valence-corrected chi connectivity index (χ0v) is 20.1. The minimum absolute atomic E-state index is 0.577. The molecule has 0 aliphatic heterocycles. The highest BCUT2D eigenvalue weighted by molar-refractivity contribution is 5.33. The van der Waals surface area contributed by atoms with Crippen LogP contribution in [0.4, 0.5) is 0 Å². The van der Waals surface area contributed by atoms with Gasteiger partial charge in [0.15, 0.2) is 0 Å². The Kier molecular flexibility index (Phi) is 19.1. The van der Waals surface area contributed by atoms with Gasteiger partial charge in [-0.2, -0.15) is 0 Å². The molecule has 0 amide bonds. The first-order valence-electron chi connectivity index (χ1n) is 13.3. The molecule has 0 atom stereocenters. The number of nitrogens with two attached hydrogens (primary N) is 1. The third kappa shape index (κ3) is 15.8. The Labute approximate surface area is 188 Å². The summed E-state index contributed by atoms with van der Waals surface area (Å²) in [6.45, 7) is 3.48. The fourth-order valence-electron chi connectivity index (χ4n) is 4.24. The topological polar surface area (TPSA) is 35.2 Å². The molecule has 0 spiro atoms. The van der Waals surface area contributed by atoms with Crippen LogP contribution < -0.4 is 10.5 Å². The molecule has 0 fully saturated rings. The van der Waals surface area contributed by atoms with Gasteiger partial charge in [0.05, 0.1) is 0 Å². The minimum atomic E-state index is 0.577. The van der Waals surface area contributed by atoms with E-state index in [2.05, 4.69) is 25.1 Å². The summed E-state index contributed by atoms with van der Waals surface area (Å²) in [4.78, 5) is 0. The van der Waals surface area contributed by atoms with E-state index in [1.54, 1.807) is 0 Å². The number of rotatable bonds is 22. The SMILES string of the molecule is CCCCCCCCCCCCCCCCCCCCc1ccccc1OCCN. The van der Waals surface area contributed by atoms with Gasteiger partial charge in [-0.3, -0.25) is 0 Å². The van der Waals surface area contributed by atoms with Gasteiger partial charge in [0.2, 0.25) is 0 Å². The van der Waals surface area contributed by atoms with Crippen LogP contribution in [-0.4, -0.2) is 13.2 Å². The molecule has 30 heavy (non-hydrogen) atoms. The lowest BCUT2D eigenvalue weighted by atomic mass is 10.0.